The van der Waals surface area contributed by atoms with Crippen LogP contribution in [0.25, 0.3) is 0 Å². The van der Waals surface area contributed by atoms with Gasteiger partial charge in [0.2, 0.25) is 0 Å². The van der Waals surface area contributed by atoms with Gasteiger partial charge in [-0.05, 0) is 37.5 Å². The van der Waals surface area contributed by atoms with Crippen molar-refractivity contribution in [1.29, 1.82) is 0 Å². The zero-order valence-electron chi connectivity index (χ0n) is 8.52. The minimum atomic E-state index is -1.59. The number of hydrogen-bond acceptors (Lipinski definition) is 3. The van der Waals surface area contributed by atoms with Gasteiger partial charge in [0.15, 0.2) is 0 Å². The maximum absolute atomic E-state index is 9.41. The van der Waals surface area contributed by atoms with E-state index in [0.29, 0.717) is 25.0 Å². The van der Waals surface area contributed by atoms with Crippen molar-refractivity contribution in [3.05, 3.63) is 0 Å². The average Bonchev–Trinajstić information content (AvgIpc) is 1.98. The zero-order valence-corrected chi connectivity index (χ0v) is 9.42. The summed E-state index contributed by atoms with van der Waals surface area (Å²) in [7, 11) is -1.59. The van der Waals surface area contributed by atoms with Crippen molar-refractivity contribution >= 4 is 8.60 Å². The molecule has 0 aromatic rings. The van der Waals surface area contributed by atoms with Crippen LogP contribution >= 0.6 is 8.60 Å². The molecule has 0 amide bonds. The molecule has 1 N–H and O–H groups in total. The van der Waals surface area contributed by atoms with Gasteiger partial charge < -0.3 is 13.9 Å². The summed E-state index contributed by atoms with van der Waals surface area (Å²) in [6, 6.07) is 0. The van der Waals surface area contributed by atoms with Crippen molar-refractivity contribution in [3.63, 3.8) is 0 Å². The predicted octanol–water partition coefficient (Wildman–Crippen LogP) is 2.84. The van der Waals surface area contributed by atoms with Crippen LogP contribution in [0.15, 0.2) is 0 Å². The number of hydrogen-bond donors (Lipinski definition) is 1. The molecule has 3 nitrogen and oxygen atoms in total. The van der Waals surface area contributed by atoms with Crippen LogP contribution < -0.4 is 0 Å². The third-order valence-corrected chi connectivity index (χ3v) is 4.03. The number of rotatable bonds is 6. The van der Waals surface area contributed by atoms with E-state index in [9.17, 15) is 4.89 Å². The highest BCUT2D eigenvalue weighted by molar-refractivity contribution is 7.40. The lowest BCUT2D eigenvalue weighted by Crippen LogP contribution is -2.18. The summed E-state index contributed by atoms with van der Waals surface area (Å²) < 4.78 is 10.5. The van der Waals surface area contributed by atoms with Crippen LogP contribution in [0.2, 0.25) is 0 Å². The van der Waals surface area contributed by atoms with E-state index >= 15 is 0 Å². The molecule has 2 rings (SSSR count). The molecule has 0 aromatic heterocycles. The highest BCUT2D eigenvalue weighted by Gasteiger charge is 2.22. The second-order valence-corrected chi connectivity index (χ2v) is 5.42. The van der Waals surface area contributed by atoms with Crippen molar-refractivity contribution in [2.24, 2.45) is 11.8 Å². The molecule has 0 saturated heterocycles. The topological polar surface area (TPSA) is 38.7 Å². The van der Waals surface area contributed by atoms with Gasteiger partial charge in [0.05, 0.1) is 13.2 Å². The van der Waals surface area contributed by atoms with Gasteiger partial charge in [-0.2, -0.15) is 0 Å². The van der Waals surface area contributed by atoms with Gasteiger partial charge in [0.1, 0.15) is 0 Å². The molecule has 82 valence electrons. The van der Waals surface area contributed by atoms with Gasteiger partial charge in [0, 0.05) is 0 Å². The van der Waals surface area contributed by atoms with Gasteiger partial charge in [-0.3, -0.25) is 0 Å². The van der Waals surface area contributed by atoms with Crippen LogP contribution in [0.4, 0.5) is 0 Å². The fourth-order valence-corrected chi connectivity index (χ4v) is 2.45. The lowest BCUT2D eigenvalue weighted by Gasteiger charge is -2.27. The van der Waals surface area contributed by atoms with Crippen molar-refractivity contribution in [3.8, 4) is 0 Å². The van der Waals surface area contributed by atoms with E-state index in [1.165, 1.54) is 38.5 Å². The fourth-order valence-electron chi connectivity index (χ4n) is 1.69. The third-order valence-electron chi connectivity index (χ3n) is 3.29. The summed E-state index contributed by atoms with van der Waals surface area (Å²) in [6.45, 7) is 1.37. The van der Waals surface area contributed by atoms with Gasteiger partial charge in [-0.25, -0.2) is 0 Å². The summed E-state index contributed by atoms with van der Waals surface area (Å²) in [5, 5.41) is 0. The van der Waals surface area contributed by atoms with E-state index in [2.05, 4.69) is 0 Å². The molecule has 2 aliphatic carbocycles. The first kappa shape index (κ1) is 10.8. The standard InChI is InChI=1S/C10H19O3P/c11-14(12-7-9-3-1-4-9)13-8-10-5-2-6-10/h9-11H,1-8H2. The highest BCUT2D eigenvalue weighted by Crippen LogP contribution is 2.39. The summed E-state index contributed by atoms with van der Waals surface area (Å²) in [4.78, 5) is 9.41. The molecule has 2 fully saturated rings. The van der Waals surface area contributed by atoms with Crippen molar-refractivity contribution < 1.29 is 13.9 Å². The average molecular weight is 218 g/mol. The first-order chi connectivity index (χ1) is 6.84. The van der Waals surface area contributed by atoms with E-state index in [1.807, 2.05) is 0 Å². The molecule has 14 heavy (non-hydrogen) atoms. The predicted molar refractivity (Wildman–Crippen MR) is 55.7 cm³/mol. The molecule has 4 heteroatoms. The summed E-state index contributed by atoms with van der Waals surface area (Å²) in [5.41, 5.74) is 0. The molecule has 2 aliphatic rings. The molecule has 0 spiro atoms. The SMILES string of the molecule is OP(OCC1CCC1)OCC1CCC1. The molecule has 0 atom stereocenters. The smallest absolute Gasteiger partial charge is 0.328 e. The molecule has 2 saturated carbocycles. The third kappa shape index (κ3) is 3.16. The van der Waals surface area contributed by atoms with Crippen LogP contribution in [-0.4, -0.2) is 18.1 Å². The van der Waals surface area contributed by atoms with Crippen molar-refractivity contribution in [2.45, 2.75) is 38.5 Å². The lowest BCUT2D eigenvalue weighted by atomic mass is 9.86. The van der Waals surface area contributed by atoms with E-state index < -0.39 is 8.60 Å². The molecule has 0 bridgehead atoms. The first-order valence-electron chi connectivity index (χ1n) is 5.59. The first-order valence-corrected chi connectivity index (χ1v) is 6.72. The Morgan fingerprint density at radius 2 is 1.36 bits per heavy atom. The molecule has 0 aliphatic heterocycles. The Morgan fingerprint density at radius 3 is 1.64 bits per heavy atom. The van der Waals surface area contributed by atoms with Gasteiger partial charge in [-0.1, -0.05) is 12.8 Å². The summed E-state index contributed by atoms with van der Waals surface area (Å²) in [5.74, 6) is 1.36. The second-order valence-electron chi connectivity index (χ2n) is 4.42. The Kier molecular flexibility index (Phi) is 4.18. The molecular weight excluding hydrogens is 199 g/mol. The van der Waals surface area contributed by atoms with Crippen LogP contribution in [0, 0.1) is 11.8 Å². The van der Waals surface area contributed by atoms with E-state index in [4.69, 9.17) is 9.05 Å². The Labute approximate surface area is 86.8 Å². The van der Waals surface area contributed by atoms with Crippen LogP contribution in [0.5, 0.6) is 0 Å². The zero-order chi connectivity index (χ0) is 9.80. The second kappa shape index (κ2) is 5.41. The lowest BCUT2D eigenvalue weighted by molar-refractivity contribution is 0.116. The largest absolute Gasteiger partial charge is 0.329 e. The van der Waals surface area contributed by atoms with Crippen LogP contribution in [0.3, 0.4) is 0 Å². The van der Waals surface area contributed by atoms with E-state index in [0.717, 1.165) is 0 Å². The molecule has 0 unspecified atom stereocenters. The summed E-state index contributed by atoms with van der Waals surface area (Å²) in [6.07, 6.45) is 7.66. The monoisotopic (exact) mass is 218 g/mol. The Hall–Kier alpha value is 0.310. The van der Waals surface area contributed by atoms with Crippen molar-refractivity contribution in [1.82, 2.24) is 0 Å². The molecule has 0 radical (unpaired) electrons. The minimum absolute atomic E-state index is 0.680. The normalized spacial score (nSPS) is 23.6. The van der Waals surface area contributed by atoms with Gasteiger partial charge in [-0.15, -0.1) is 0 Å². The summed E-state index contributed by atoms with van der Waals surface area (Å²) >= 11 is 0. The Bertz CT molecular complexity index is 151. The molecule has 0 heterocycles. The quantitative estimate of drug-likeness (QED) is 0.697. The van der Waals surface area contributed by atoms with E-state index in [-0.39, 0.29) is 0 Å². The Morgan fingerprint density at radius 1 is 0.929 bits per heavy atom. The minimum Gasteiger partial charge on any atom is -0.328 e. The molecule has 0 aromatic carbocycles. The van der Waals surface area contributed by atoms with Crippen LogP contribution in [-0.2, 0) is 9.05 Å². The van der Waals surface area contributed by atoms with Crippen molar-refractivity contribution in [2.75, 3.05) is 13.2 Å². The van der Waals surface area contributed by atoms with Gasteiger partial charge >= 0.3 is 8.60 Å². The maximum atomic E-state index is 9.41. The fraction of sp³-hybridized carbons (Fsp3) is 1.00. The maximum Gasteiger partial charge on any atom is 0.329 e. The van der Waals surface area contributed by atoms with Crippen LogP contribution in [0.1, 0.15) is 38.5 Å². The highest BCUT2D eigenvalue weighted by atomic mass is 31.2. The Balaban J connectivity index is 1.47. The van der Waals surface area contributed by atoms with E-state index in [1.54, 1.807) is 0 Å². The van der Waals surface area contributed by atoms with Gasteiger partial charge in [0.25, 0.3) is 0 Å². The molecular formula is C10H19O3P.